The van der Waals surface area contributed by atoms with Crippen LogP contribution in [0.15, 0.2) is 33.7 Å². The van der Waals surface area contributed by atoms with E-state index in [1.54, 1.807) is 0 Å². The summed E-state index contributed by atoms with van der Waals surface area (Å²) < 4.78 is 21.8. The number of hydrogen-bond donors (Lipinski definition) is 14. The van der Waals surface area contributed by atoms with Crippen molar-refractivity contribution in [2.75, 3.05) is 26.3 Å². The monoisotopic (exact) mass is 902 g/mol. The number of nitrogens with two attached hydrogens (primary N) is 4. The molecule has 10 atom stereocenters. The van der Waals surface area contributed by atoms with E-state index in [2.05, 4.69) is 31.3 Å². The van der Waals surface area contributed by atoms with E-state index in [0.29, 0.717) is 12.8 Å². The molecule has 0 aromatic rings. The third kappa shape index (κ3) is 18.4. The molecule has 0 unspecified atom stereocenters. The Balaban J connectivity index is 1.77. The van der Waals surface area contributed by atoms with Crippen LogP contribution in [0.5, 0.6) is 0 Å². The van der Waals surface area contributed by atoms with Gasteiger partial charge in [0.15, 0.2) is 36.3 Å². The van der Waals surface area contributed by atoms with Crippen molar-refractivity contribution in [1.82, 2.24) is 21.3 Å². The maximum Gasteiger partial charge on any atom is 0.407 e. The van der Waals surface area contributed by atoms with Crippen LogP contribution < -0.4 is 44.2 Å². The van der Waals surface area contributed by atoms with Gasteiger partial charge >= 0.3 is 24.1 Å². The van der Waals surface area contributed by atoms with Crippen LogP contribution in [-0.2, 0) is 38.1 Å². The molecule has 26 heteroatoms. The fourth-order valence-electron chi connectivity index (χ4n) is 6.73. The predicted molar refractivity (Wildman–Crippen MR) is 220 cm³/mol. The van der Waals surface area contributed by atoms with Gasteiger partial charge in [-0.1, -0.05) is 44.9 Å². The predicted octanol–water partition coefficient (Wildman–Crippen LogP) is -3.58. The summed E-state index contributed by atoms with van der Waals surface area (Å²) in [6.45, 7) is 0.895. The van der Waals surface area contributed by atoms with Crippen LogP contribution in [0, 0.1) is 0 Å². The Morgan fingerprint density at radius 2 is 0.937 bits per heavy atom. The van der Waals surface area contributed by atoms with Gasteiger partial charge in [0.25, 0.3) is 0 Å². The maximum atomic E-state index is 12.7. The Hall–Kier alpha value is -6.12. The first-order valence-corrected chi connectivity index (χ1v) is 20.2. The Labute approximate surface area is 362 Å². The van der Waals surface area contributed by atoms with Crippen molar-refractivity contribution < 1.29 is 78.4 Å². The van der Waals surface area contributed by atoms with Gasteiger partial charge in [0.05, 0.1) is 37.4 Å². The average Bonchev–Trinajstić information content (AvgIpc) is 3.20. The highest BCUT2D eigenvalue weighted by Crippen LogP contribution is 2.28. The minimum absolute atomic E-state index is 0.190. The van der Waals surface area contributed by atoms with Crippen molar-refractivity contribution in [3.63, 3.8) is 0 Å². The quantitative estimate of drug-likeness (QED) is 0.0227. The zero-order chi connectivity index (χ0) is 47.2. The number of nitrogens with zero attached hydrogens (tertiary/aromatic N) is 2. The first-order chi connectivity index (χ1) is 29.8. The van der Waals surface area contributed by atoms with Crippen LogP contribution >= 0.6 is 0 Å². The summed E-state index contributed by atoms with van der Waals surface area (Å²) in [7, 11) is 0. The standard InChI is InChI=1S/C37H62N10O16/c1-18(50)44-26-20(46-34(38)39)14-24(32(54)55)60-30(26)28(22(52)16-48)62-36(58)42-12-10-8-6-4-3-5-7-9-11-13-43-37(59)63-29(23(53)17-49)31-27(45-19(2)51)21(47-35(40)41)15-25(61-31)33(56)57/h14-15,20-23,26-31,48-49,52-53H,3-13,16-17H2,1-2H3,(H,42,58)(H,43,59)(H,44,50)(H,45,51)(H,54,55)(H,56,57)(H4,38,39,46)(H4,40,41,47)/t20-,21-,22+,23+,26+,27+,28+,29+,30+,31+/m0/s1. The smallest absolute Gasteiger partial charge is 0.407 e. The molecular formula is C37H62N10O16. The Bertz CT molecular complexity index is 1550. The SMILES string of the molecule is CC(=O)N[C@H]1[C@H]([C@H](OC(=O)NCCCCCCCCCCCNC(=O)O[C@@H]([C@@H]2OC(C(=O)O)=C[C@H](N=C(N)N)[C@H]2NC(C)=O)[C@H](O)CO)[C@H](O)CO)OC(C(=O)O)=C[C@@H]1N=C(N)N. The Morgan fingerprint density at radius 3 is 1.21 bits per heavy atom. The van der Waals surface area contributed by atoms with E-state index in [-0.39, 0.29) is 13.1 Å². The van der Waals surface area contributed by atoms with Crippen molar-refractivity contribution >= 4 is 47.9 Å². The van der Waals surface area contributed by atoms with Crippen molar-refractivity contribution in [1.29, 1.82) is 0 Å². The van der Waals surface area contributed by atoms with E-state index in [1.807, 2.05) is 0 Å². The second-order valence-corrected chi connectivity index (χ2v) is 14.7. The molecule has 4 amide bonds. The number of aliphatic imine (C=N–C) groups is 2. The van der Waals surface area contributed by atoms with E-state index in [9.17, 15) is 59.4 Å². The zero-order valence-corrected chi connectivity index (χ0v) is 35.1. The summed E-state index contributed by atoms with van der Waals surface area (Å²) in [5.74, 6) is -6.38. The molecule has 0 spiro atoms. The summed E-state index contributed by atoms with van der Waals surface area (Å²) in [6.07, 6.45) is -2.70. The Morgan fingerprint density at radius 1 is 0.619 bits per heavy atom. The molecule has 0 saturated heterocycles. The van der Waals surface area contributed by atoms with Crippen molar-refractivity contribution in [3.8, 4) is 0 Å². The summed E-state index contributed by atoms with van der Waals surface area (Å²) in [5, 5.41) is 69.8. The summed E-state index contributed by atoms with van der Waals surface area (Å²) in [4.78, 5) is 80.9. The number of unbranched alkanes of at least 4 members (excludes halogenated alkanes) is 8. The van der Waals surface area contributed by atoms with Crippen LogP contribution in [0.4, 0.5) is 9.59 Å². The van der Waals surface area contributed by atoms with Gasteiger partial charge in [0.2, 0.25) is 23.3 Å². The molecule has 0 bridgehead atoms. The van der Waals surface area contributed by atoms with E-state index in [4.69, 9.17) is 41.9 Å². The number of carbonyl (C=O) groups is 6. The zero-order valence-electron chi connectivity index (χ0n) is 35.1. The van der Waals surface area contributed by atoms with E-state index in [0.717, 1.165) is 70.9 Å². The van der Waals surface area contributed by atoms with Gasteiger partial charge in [-0.2, -0.15) is 0 Å². The number of ether oxygens (including phenoxy) is 4. The molecule has 0 aliphatic carbocycles. The van der Waals surface area contributed by atoms with Crippen LogP contribution in [0.1, 0.15) is 71.6 Å². The number of nitrogens with one attached hydrogen (secondary N) is 4. The van der Waals surface area contributed by atoms with Crippen LogP contribution in [0.2, 0.25) is 0 Å². The topological polar surface area (TPSA) is 438 Å². The van der Waals surface area contributed by atoms with Gasteiger partial charge in [0, 0.05) is 26.9 Å². The van der Waals surface area contributed by atoms with E-state index < -0.39 is 133 Å². The third-order valence-corrected chi connectivity index (χ3v) is 9.53. The Kier molecular flexibility index (Phi) is 22.8. The fourth-order valence-corrected chi connectivity index (χ4v) is 6.73. The van der Waals surface area contributed by atoms with Crippen molar-refractivity contribution in [2.24, 2.45) is 32.9 Å². The lowest BCUT2D eigenvalue weighted by molar-refractivity contribution is -0.147. The first kappa shape index (κ1) is 53.0. The molecular weight excluding hydrogens is 840 g/mol. The number of aliphatic carboxylic acids is 2. The molecule has 26 nitrogen and oxygen atoms in total. The molecule has 2 aliphatic heterocycles. The van der Waals surface area contributed by atoms with Crippen molar-refractivity contribution in [3.05, 3.63) is 23.7 Å². The summed E-state index contributed by atoms with van der Waals surface area (Å²) in [6, 6.07) is -4.79. The maximum absolute atomic E-state index is 12.7. The highest BCUT2D eigenvalue weighted by Gasteiger charge is 2.48. The molecule has 2 heterocycles. The number of carbonyl (C=O) groups excluding carboxylic acids is 4. The number of aliphatic hydroxyl groups excluding tert-OH is 4. The molecule has 18 N–H and O–H groups in total. The number of carboxylic acid groups (broad SMARTS) is 2. The van der Waals surface area contributed by atoms with Crippen LogP contribution in [0.3, 0.4) is 0 Å². The molecule has 0 aromatic heterocycles. The second kappa shape index (κ2) is 27.0. The molecule has 2 rings (SSSR count). The number of aliphatic hydroxyl groups is 4. The highest BCUT2D eigenvalue weighted by atomic mass is 16.6. The van der Waals surface area contributed by atoms with Gasteiger partial charge in [0.1, 0.15) is 12.2 Å². The average molecular weight is 903 g/mol. The lowest BCUT2D eigenvalue weighted by atomic mass is 9.92. The fraction of sp³-hybridized carbons (Fsp3) is 0.676. The molecule has 0 aromatic carbocycles. The summed E-state index contributed by atoms with van der Waals surface area (Å²) >= 11 is 0. The van der Waals surface area contributed by atoms with Gasteiger partial charge in [-0.25, -0.2) is 29.2 Å². The number of carboxylic acids is 2. The molecule has 0 radical (unpaired) electrons. The first-order valence-electron chi connectivity index (χ1n) is 20.2. The van der Waals surface area contributed by atoms with E-state index in [1.165, 1.54) is 0 Å². The van der Waals surface area contributed by atoms with Gasteiger partial charge in [-0.15, -0.1) is 0 Å². The van der Waals surface area contributed by atoms with Crippen molar-refractivity contribution in [2.45, 2.75) is 132 Å². The molecule has 356 valence electrons. The number of hydrogen-bond acceptors (Lipinski definition) is 16. The van der Waals surface area contributed by atoms with Gasteiger partial charge < -0.3 is 93.8 Å². The third-order valence-electron chi connectivity index (χ3n) is 9.53. The number of rotatable bonds is 26. The lowest BCUT2D eigenvalue weighted by Gasteiger charge is -2.39. The summed E-state index contributed by atoms with van der Waals surface area (Å²) in [5.41, 5.74) is 22.0. The molecule has 2 aliphatic rings. The number of guanidine groups is 2. The van der Waals surface area contributed by atoms with Gasteiger partial charge in [-0.3, -0.25) is 9.59 Å². The largest absolute Gasteiger partial charge is 0.477 e. The van der Waals surface area contributed by atoms with Crippen LogP contribution in [0.25, 0.3) is 0 Å². The van der Waals surface area contributed by atoms with Crippen LogP contribution in [-0.4, -0.2) is 166 Å². The lowest BCUT2D eigenvalue weighted by Crippen LogP contribution is -2.61. The second-order valence-electron chi connectivity index (χ2n) is 14.7. The number of alkyl carbamates (subject to hydrolysis) is 2. The minimum Gasteiger partial charge on any atom is -0.477 e. The van der Waals surface area contributed by atoms with E-state index >= 15 is 0 Å². The molecule has 63 heavy (non-hydrogen) atoms. The highest BCUT2D eigenvalue weighted by molar-refractivity contribution is 5.86. The van der Waals surface area contributed by atoms with Gasteiger partial charge in [-0.05, 0) is 25.0 Å². The minimum atomic E-state index is -1.75. The molecule has 0 fully saturated rings. The number of amides is 4. The normalized spacial score (nSPS) is 22.3. The molecule has 0 saturated carbocycles.